The van der Waals surface area contributed by atoms with Crippen LogP contribution in [0.4, 0.5) is 0 Å². The van der Waals surface area contributed by atoms with Crippen molar-refractivity contribution in [2.75, 3.05) is 46.8 Å². The highest BCUT2D eigenvalue weighted by atomic mass is 16.5. The van der Waals surface area contributed by atoms with Crippen LogP contribution >= 0.6 is 0 Å². The Labute approximate surface area is 163 Å². The molecule has 0 aromatic rings. The minimum absolute atomic E-state index is 0.101. The molecule has 27 heavy (non-hydrogen) atoms. The number of hydrogen-bond donors (Lipinski definition) is 0. The quantitative estimate of drug-likeness (QED) is 0.732. The lowest BCUT2D eigenvalue weighted by atomic mass is 9.73. The number of amides is 2. The lowest BCUT2D eigenvalue weighted by Gasteiger charge is -2.30. The molecule has 4 rings (SSSR count). The van der Waals surface area contributed by atoms with Crippen molar-refractivity contribution >= 4 is 11.8 Å². The van der Waals surface area contributed by atoms with Crippen molar-refractivity contribution in [3.8, 4) is 0 Å². The van der Waals surface area contributed by atoms with Crippen molar-refractivity contribution < 1.29 is 14.3 Å². The van der Waals surface area contributed by atoms with Gasteiger partial charge >= 0.3 is 0 Å². The van der Waals surface area contributed by atoms with Gasteiger partial charge in [-0.3, -0.25) is 9.59 Å². The van der Waals surface area contributed by atoms with Gasteiger partial charge < -0.3 is 19.4 Å². The Bertz CT molecular complexity index is 573. The van der Waals surface area contributed by atoms with Crippen molar-refractivity contribution in [3.63, 3.8) is 0 Å². The van der Waals surface area contributed by atoms with E-state index in [1.54, 1.807) is 0 Å². The predicted octanol–water partition coefficient (Wildman–Crippen LogP) is 1.74. The highest BCUT2D eigenvalue weighted by Gasteiger charge is 2.63. The molecule has 6 nitrogen and oxygen atoms in total. The Morgan fingerprint density at radius 2 is 1.70 bits per heavy atom. The Hall–Kier alpha value is -1.14. The van der Waals surface area contributed by atoms with Crippen LogP contribution < -0.4 is 0 Å². The van der Waals surface area contributed by atoms with Crippen LogP contribution in [0.1, 0.15) is 51.4 Å². The summed E-state index contributed by atoms with van der Waals surface area (Å²) in [5.74, 6) is 1.29. The molecule has 2 amide bonds. The zero-order valence-electron chi connectivity index (χ0n) is 17.0. The molecule has 0 radical (unpaired) electrons. The number of carbonyl (C=O) groups excluding carboxylic acids is 2. The van der Waals surface area contributed by atoms with E-state index in [1.807, 2.05) is 9.80 Å². The van der Waals surface area contributed by atoms with E-state index in [9.17, 15) is 9.59 Å². The molecule has 0 N–H and O–H groups in total. The molecule has 4 aliphatic heterocycles. The third-order valence-corrected chi connectivity index (χ3v) is 7.22. The highest BCUT2D eigenvalue weighted by molar-refractivity contribution is 5.84. The van der Waals surface area contributed by atoms with E-state index in [-0.39, 0.29) is 17.4 Å². The van der Waals surface area contributed by atoms with Crippen LogP contribution in [0.25, 0.3) is 0 Å². The SMILES string of the molecule is CN(C)C[C@H]1[C@H]2CN(C(=O)CCC(=O)N3CCCCCC3)C[C@]23CC[C@H]1O3. The second-order valence-corrected chi connectivity index (χ2v) is 9.36. The van der Waals surface area contributed by atoms with Crippen LogP contribution in [0.3, 0.4) is 0 Å². The van der Waals surface area contributed by atoms with E-state index < -0.39 is 0 Å². The summed E-state index contributed by atoms with van der Waals surface area (Å²) in [5.41, 5.74) is -0.101. The molecular weight excluding hydrogens is 342 g/mol. The zero-order valence-corrected chi connectivity index (χ0v) is 17.0. The second-order valence-electron chi connectivity index (χ2n) is 9.36. The molecular formula is C21H35N3O3. The largest absolute Gasteiger partial charge is 0.369 e. The summed E-state index contributed by atoms with van der Waals surface area (Å²) in [6.45, 7) is 4.31. The molecule has 4 heterocycles. The molecule has 0 aromatic carbocycles. The maximum Gasteiger partial charge on any atom is 0.223 e. The molecule has 0 aliphatic carbocycles. The Kier molecular flexibility index (Phi) is 5.48. The lowest BCUT2D eigenvalue weighted by Crippen LogP contribution is -2.40. The number of likely N-dealkylation sites (tertiary alicyclic amines) is 2. The van der Waals surface area contributed by atoms with Crippen LogP contribution in [0.15, 0.2) is 0 Å². The molecule has 2 bridgehead atoms. The first-order chi connectivity index (χ1) is 13.0. The van der Waals surface area contributed by atoms with Gasteiger partial charge in [0.1, 0.15) is 0 Å². The van der Waals surface area contributed by atoms with Gasteiger partial charge in [0.05, 0.1) is 18.2 Å². The normalized spacial score (nSPS) is 35.6. The fraction of sp³-hybridized carbons (Fsp3) is 0.905. The number of hydrogen-bond acceptors (Lipinski definition) is 4. The molecule has 1 spiro atoms. The Morgan fingerprint density at radius 1 is 1.04 bits per heavy atom. The van der Waals surface area contributed by atoms with E-state index in [1.165, 1.54) is 12.8 Å². The lowest BCUT2D eigenvalue weighted by molar-refractivity contribution is -0.137. The maximum absolute atomic E-state index is 12.8. The van der Waals surface area contributed by atoms with E-state index in [0.717, 1.165) is 58.4 Å². The Balaban J connectivity index is 1.31. The highest BCUT2D eigenvalue weighted by Crippen LogP contribution is 2.54. The van der Waals surface area contributed by atoms with Crippen LogP contribution in [0, 0.1) is 11.8 Å². The number of ether oxygens (including phenoxy) is 1. The number of carbonyl (C=O) groups is 2. The summed E-state index contributed by atoms with van der Waals surface area (Å²) in [6.07, 6.45) is 7.93. The standard InChI is InChI=1S/C21H35N3O3/c1-22(2)13-16-17-14-24(15-21(17)10-9-18(16)27-21)20(26)8-7-19(25)23-11-5-3-4-6-12-23/h16-18H,3-15H2,1-2H3/t16-,17+,18+,21+/m0/s1. The summed E-state index contributed by atoms with van der Waals surface area (Å²) in [4.78, 5) is 31.5. The second kappa shape index (κ2) is 7.70. The molecule has 0 saturated carbocycles. The molecule has 4 saturated heterocycles. The molecule has 0 unspecified atom stereocenters. The first-order valence-electron chi connectivity index (χ1n) is 10.9. The van der Waals surface area contributed by atoms with E-state index >= 15 is 0 Å². The molecule has 152 valence electrons. The summed E-state index contributed by atoms with van der Waals surface area (Å²) in [6, 6.07) is 0. The van der Waals surface area contributed by atoms with Crippen LogP contribution in [0.5, 0.6) is 0 Å². The fourth-order valence-corrected chi connectivity index (χ4v) is 5.90. The average Bonchev–Trinajstić information content (AvgIpc) is 3.21. The topological polar surface area (TPSA) is 53.1 Å². The van der Waals surface area contributed by atoms with Gasteiger partial charge in [0.15, 0.2) is 0 Å². The average molecular weight is 378 g/mol. The third-order valence-electron chi connectivity index (χ3n) is 7.22. The van der Waals surface area contributed by atoms with Crippen LogP contribution in [-0.2, 0) is 14.3 Å². The summed E-state index contributed by atoms with van der Waals surface area (Å²) in [5, 5.41) is 0. The van der Waals surface area contributed by atoms with Gasteiger partial charge in [-0.25, -0.2) is 0 Å². The molecule has 4 atom stereocenters. The van der Waals surface area contributed by atoms with Gasteiger partial charge in [-0.05, 0) is 39.8 Å². The minimum atomic E-state index is -0.101. The van der Waals surface area contributed by atoms with Gasteiger partial charge in [-0.15, -0.1) is 0 Å². The van der Waals surface area contributed by atoms with Gasteiger partial charge in [-0.1, -0.05) is 12.8 Å². The number of rotatable bonds is 5. The summed E-state index contributed by atoms with van der Waals surface area (Å²) in [7, 11) is 4.23. The first-order valence-corrected chi connectivity index (χ1v) is 10.9. The van der Waals surface area contributed by atoms with Crippen molar-refractivity contribution in [2.45, 2.75) is 63.1 Å². The number of nitrogens with zero attached hydrogens (tertiary/aromatic N) is 3. The van der Waals surface area contributed by atoms with Crippen molar-refractivity contribution in [3.05, 3.63) is 0 Å². The van der Waals surface area contributed by atoms with Gasteiger partial charge in [0, 0.05) is 50.9 Å². The van der Waals surface area contributed by atoms with Crippen LogP contribution in [-0.4, -0.2) is 85.0 Å². The third kappa shape index (κ3) is 3.75. The van der Waals surface area contributed by atoms with Gasteiger partial charge in [0.25, 0.3) is 0 Å². The van der Waals surface area contributed by atoms with Gasteiger partial charge in [-0.2, -0.15) is 0 Å². The monoisotopic (exact) mass is 377 g/mol. The Morgan fingerprint density at radius 3 is 2.37 bits per heavy atom. The van der Waals surface area contributed by atoms with E-state index in [4.69, 9.17) is 4.74 Å². The van der Waals surface area contributed by atoms with Crippen molar-refractivity contribution in [1.29, 1.82) is 0 Å². The van der Waals surface area contributed by atoms with Crippen LogP contribution in [0.2, 0.25) is 0 Å². The predicted molar refractivity (Wildman–Crippen MR) is 103 cm³/mol. The first kappa shape index (κ1) is 19.2. The van der Waals surface area contributed by atoms with Crippen molar-refractivity contribution in [2.24, 2.45) is 11.8 Å². The molecule has 4 fully saturated rings. The molecule has 4 aliphatic rings. The molecule has 6 heteroatoms. The van der Waals surface area contributed by atoms with E-state index in [0.29, 0.717) is 30.8 Å². The summed E-state index contributed by atoms with van der Waals surface area (Å²) < 4.78 is 6.42. The maximum atomic E-state index is 12.8. The number of fused-ring (bicyclic) bond motifs is 1. The zero-order chi connectivity index (χ0) is 19.0. The molecule has 0 aromatic heterocycles. The van der Waals surface area contributed by atoms with E-state index in [2.05, 4.69) is 19.0 Å². The van der Waals surface area contributed by atoms with Gasteiger partial charge in [0.2, 0.25) is 11.8 Å². The smallest absolute Gasteiger partial charge is 0.223 e. The fourth-order valence-electron chi connectivity index (χ4n) is 5.90. The summed E-state index contributed by atoms with van der Waals surface area (Å²) >= 11 is 0. The minimum Gasteiger partial charge on any atom is -0.369 e. The van der Waals surface area contributed by atoms with Crippen molar-refractivity contribution in [1.82, 2.24) is 14.7 Å².